The molecule has 2 N–H and O–H groups in total. The second-order valence-corrected chi connectivity index (χ2v) is 7.09. The Hall–Kier alpha value is -2.27. The lowest BCUT2D eigenvalue weighted by Gasteiger charge is -2.15. The standard InChI is InChI=1S/C21H23FN2OS/c1-26-11-5-10-23-21(25)18-12-19(22)17(16-8-9-16)13-20(18)24-14-15-6-3-2-4-7-15/h2-7,11-13,16,24H,8-10,14H2,1H3,(H,23,25)/b11-5+. The fourth-order valence-electron chi connectivity index (χ4n) is 2.82. The Labute approximate surface area is 158 Å². The number of carbonyl (C=O) groups is 1. The zero-order valence-corrected chi connectivity index (χ0v) is 15.6. The molecule has 3 rings (SSSR count). The van der Waals surface area contributed by atoms with Gasteiger partial charge in [-0.15, -0.1) is 11.8 Å². The topological polar surface area (TPSA) is 41.1 Å². The molecule has 0 spiro atoms. The Morgan fingerprint density at radius 1 is 1.27 bits per heavy atom. The van der Waals surface area contributed by atoms with E-state index in [0.29, 0.717) is 29.9 Å². The van der Waals surface area contributed by atoms with Crippen LogP contribution in [-0.4, -0.2) is 18.7 Å². The molecule has 3 nitrogen and oxygen atoms in total. The van der Waals surface area contributed by atoms with Gasteiger partial charge < -0.3 is 10.6 Å². The Morgan fingerprint density at radius 2 is 2.04 bits per heavy atom. The SMILES string of the molecule is CS/C=C/CNC(=O)c1cc(F)c(C2CC2)cc1NCc1ccccc1. The number of hydrogen-bond donors (Lipinski definition) is 2. The number of halogens is 1. The van der Waals surface area contributed by atoms with E-state index in [-0.39, 0.29) is 17.6 Å². The number of thioether (sulfide) groups is 1. The molecular formula is C21H23FN2OS. The van der Waals surface area contributed by atoms with Gasteiger partial charge in [0.25, 0.3) is 5.91 Å². The van der Waals surface area contributed by atoms with Crippen LogP contribution in [0, 0.1) is 5.82 Å². The summed E-state index contributed by atoms with van der Waals surface area (Å²) in [7, 11) is 0. The minimum atomic E-state index is -0.289. The van der Waals surface area contributed by atoms with Gasteiger partial charge in [0.05, 0.1) is 5.56 Å². The zero-order chi connectivity index (χ0) is 18.4. The van der Waals surface area contributed by atoms with Crippen LogP contribution in [0.1, 0.15) is 40.2 Å². The molecule has 1 amide bonds. The second-order valence-electron chi connectivity index (χ2n) is 6.35. The summed E-state index contributed by atoms with van der Waals surface area (Å²) in [4.78, 5) is 12.5. The van der Waals surface area contributed by atoms with Crippen LogP contribution in [0.4, 0.5) is 10.1 Å². The first-order valence-corrected chi connectivity index (χ1v) is 10.0. The van der Waals surface area contributed by atoms with Crippen LogP contribution in [0.3, 0.4) is 0 Å². The van der Waals surface area contributed by atoms with Crippen molar-refractivity contribution in [1.82, 2.24) is 5.32 Å². The van der Waals surface area contributed by atoms with Crippen LogP contribution in [0.5, 0.6) is 0 Å². The van der Waals surface area contributed by atoms with E-state index < -0.39 is 0 Å². The molecule has 0 heterocycles. The van der Waals surface area contributed by atoms with E-state index in [1.54, 1.807) is 11.8 Å². The fraction of sp³-hybridized carbons (Fsp3) is 0.286. The van der Waals surface area contributed by atoms with Crippen LogP contribution in [0.25, 0.3) is 0 Å². The van der Waals surface area contributed by atoms with Gasteiger partial charge in [0.1, 0.15) is 5.82 Å². The van der Waals surface area contributed by atoms with Crippen LogP contribution in [-0.2, 0) is 6.54 Å². The highest BCUT2D eigenvalue weighted by atomic mass is 32.2. The summed E-state index contributed by atoms with van der Waals surface area (Å²) < 4.78 is 14.5. The number of anilines is 1. The Morgan fingerprint density at radius 3 is 2.73 bits per heavy atom. The number of hydrogen-bond acceptors (Lipinski definition) is 3. The maximum atomic E-state index is 14.5. The van der Waals surface area contributed by atoms with Crippen molar-refractivity contribution in [3.05, 3.63) is 76.5 Å². The molecule has 0 saturated heterocycles. The highest BCUT2D eigenvalue weighted by molar-refractivity contribution is 8.01. The summed E-state index contributed by atoms with van der Waals surface area (Å²) in [6.45, 7) is 1.01. The molecule has 1 aliphatic rings. The van der Waals surface area contributed by atoms with E-state index in [1.807, 2.05) is 54.1 Å². The van der Waals surface area contributed by atoms with E-state index in [0.717, 1.165) is 18.4 Å². The van der Waals surface area contributed by atoms with Gasteiger partial charge >= 0.3 is 0 Å². The quantitative estimate of drug-likeness (QED) is 0.693. The Bertz CT molecular complexity index is 788. The smallest absolute Gasteiger partial charge is 0.253 e. The summed E-state index contributed by atoms with van der Waals surface area (Å²) >= 11 is 1.57. The third kappa shape index (κ3) is 4.88. The van der Waals surface area contributed by atoms with E-state index >= 15 is 0 Å². The molecule has 0 aromatic heterocycles. The summed E-state index contributed by atoms with van der Waals surface area (Å²) in [5, 5.41) is 8.04. The van der Waals surface area contributed by atoms with Gasteiger partial charge in [0.2, 0.25) is 0 Å². The van der Waals surface area contributed by atoms with Crippen molar-refractivity contribution in [3.63, 3.8) is 0 Å². The maximum Gasteiger partial charge on any atom is 0.253 e. The fourth-order valence-corrected chi connectivity index (χ4v) is 3.10. The highest BCUT2D eigenvalue weighted by Gasteiger charge is 2.28. The predicted molar refractivity (Wildman–Crippen MR) is 107 cm³/mol. The number of nitrogens with one attached hydrogen (secondary N) is 2. The molecule has 2 aromatic carbocycles. The molecule has 0 aliphatic heterocycles. The van der Waals surface area contributed by atoms with Gasteiger partial charge in [-0.05, 0) is 53.7 Å². The highest BCUT2D eigenvalue weighted by Crippen LogP contribution is 2.42. The van der Waals surface area contributed by atoms with Crippen molar-refractivity contribution < 1.29 is 9.18 Å². The molecule has 0 unspecified atom stereocenters. The lowest BCUT2D eigenvalue weighted by atomic mass is 10.0. The molecule has 136 valence electrons. The molecule has 1 saturated carbocycles. The summed E-state index contributed by atoms with van der Waals surface area (Å²) in [5.41, 5.74) is 2.85. The van der Waals surface area contributed by atoms with Crippen molar-refractivity contribution in [2.45, 2.75) is 25.3 Å². The molecular weight excluding hydrogens is 347 g/mol. The summed E-state index contributed by atoms with van der Waals surface area (Å²) in [6.07, 6.45) is 5.85. The molecule has 0 atom stereocenters. The lowest BCUT2D eigenvalue weighted by molar-refractivity contribution is 0.0958. The van der Waals surface area contributed by atoms with Gasteiger partial charge in [0.15, 0.2) is 0 Å². The van der Waals surface area contributed by atoms with Crippen molar-refractivity contribution in [2.75, 3.05) is 18.1 Å². The number of amides is 1. The number of benzene rings is 2. The Kier molecular flexibility index (Phi) is 6.34. The van der Waals surface area contributed by atoms with Gasteiger partial charge in [-0.3, -0.25) is 4.79 Å². The van der Waals surface area contributed by atoms with Crippen molar-refractivity contribution in [3.8, 4) is 0 Å². The van der Waals surface area contributed by atoms with E-state index in [4.69, 9.17) is 0 Å². The molecule has 2 aromatic rings. The van der Waals surface area contributed by atoms with Gasteiger partial charge in [-0.25, -0.2) is 4.39 Å². The van der Waals surface area contributed by atoms with Crippen LogP contribution in [0.15, 0.2) is 53.9 Å². The molecule has 1 aliphatic carbocycles. The lowest BCUT2D eigenvalue weighted by Crippen LogP contribution is -2.25. The molecule has 26 heavy (non-hydrogen) atoms. The maximum absolute atomic E-state index is 14.5. The largest absolute Gasteiger partial charge is 0.380 e. The van der Waals surface area contributed by atoms with Crippen LogP contribution in [0.2, 0.25) is 0 Å². The average Bonchev–Trinajstić information content (AvgIpc) is 3.49. The van der Waals surface area contributed by atoms with Crippen LogP contribution < -0.4 is 10.6 Å². The molecule has 5 heteroatoms. The summed E-state index contributed by atoms with van der Waals surface area (Å²) in [5.74, 6) is -0.274. The first-order chi connectivity index (χ1) is 12.7. The summed E-state index contributed by atoms with van der Waals surface area (Å²) in [6, 6.07) is 13.1. The van der Waals surface area contributed by atoms with Crippen molar-refractivity contribution in [2.24, 2.45) is 0 Å². The normalized spacial score (nSPS) is 13.8. The first kappa shape index (κ1) is 18.5. The van der Waals surface area contributed by atoms with Crippen molar-refractivity contribution >= 4 is 23.4 Å². The zero-order valence-electron chi connectivity index (χ0n) is 14.8. The third-order valence-electron chi connectivity index (χ3n) is 4.34. The molecule has 1 fully saturated rings. The second kappa shape index (κ2) is 8.90. The number of carbonyl (C=O) groups excluding carboxylic acids is 1. The monoisotopic (exact) mass is 370 g/mol. The minimum absolute atomic E-state index is 0.271. The molecule has 0 radical (unpaired) electrons. The predicted octanol–water partition coefficient (Wildman–Crippen LogP) is 4.92. The number of rotatable bonds is 8. The average molecular weight is 370 g/mol. The van der Waals surface area contributed by atoms with Crippen LogP contribution >= 0.6 is 11.8 Å². The Balaban J connectivity index is 1.80. The van der Waals surface area contributed by atoms with E-state index in [9.17, 15) is 9.18 Å². The third-order valence-corrected chi connectivity index (χ3v) is 4.80. The minimum Gasteiger partial charge on any atom is -0.380 e. The first-order valence-electron chi connectivity index (χ1n) is 8.76. The van der Waals surface area contributed by atoms with Gasteiger partial charge in [-0.2, -0.15) is 0 Å². The molecule has 0 bridgehead atoms. The van der Waals surface area contributed by atoms with Gasteiger partial charge in [-0.1, -0.05) is 36.4 Å². The van der Waals surface area contributed by atoms with E-state index in [2.05, 4.69) is 10.6 Å². The van der Waals surface area contributed by atoms with Gasteiger partial charge in [0, 0.05) is 18.8 Å². The van der Waals surface area contributed by atoms with Crippen molar-refractivity contribution in [1.29, 1.82) is 0 Å². The van der Waals surface area contributed by atoms with E-state index in [1.165, 1.54) is 6.07 Å².